The maximum absolute atomic E-state index is 12.7. The van der Waals surface area contributed by atoms with Gasteiger partial charge in [-0.3, -0.25) is 9.69 Å². The topological polar surface area (TPSA) is 51.7 Å². The quantitative estimate of drug-likeness (QED) is 0.139. The average Bonchev–Trinajstić information content (AvgIpc) is 3.27. The van der Waals surface area contributed by atoms with Crippen LogP contribution in [0.4, 0.5) is 0 Å². The number of aromatic nitrogens is 1. The zero-order valence-corrected chi connectivity index (χ0v) is 20.0. The van der Waals surface area contributed by atoms with Crippen LogP contribution in [0.1, 0.15) is 18.4 Å². The van der Waals surface area contributed by atoms with Crippen LogP contribution in [0.2, 0.25) is 0 Å². The van der Waals surface area contributed by atoms with E-state index in [0.29, 0.717) is 12.2 Å². The lowest BCUT2D eigenvalue weighted by Gasteiger charge is -2.27. The zero-order valence-electron chi connectivity index (χ0n) is 18.4. The molecule has 1 aromatic heterocycles. The Balaban J connectivity index is 1.21. The number of hydrogen-bond donors (Lipinski definition) is 0. The van der Waals surface area contributed by atoms with E-state index in [1.54, 1.807) is 23.1 Å². The number of carbonyl (C=O) groups excluding carboxylic acids is 1. The highest BCUT2D eigenvalue weighted by Crippen LogP contribution is 2.31. The summed E-state index contributed by atoms with van der Waals surface area (Å²) in [7, 11) is 0. The van der Waals surface area contributed by atoms with Gasteiger partial charge in [0.15, 0.2) is 4.34 Å². The first-order chi connectivity index (χ1) is 16.3. The van der Waals surface area contributed by atoms with Gasteiger partial charge in [-0.1, -0.05) is 54.2 Å². The normalized spacial score (nSPS) is 14.7. The molecular formula is C26H26N2O3S2. The van der Waals surface area contributed by atoms with E-state index in [1.807, 2.05) is 42.5 Å². The first-order valence-corrected chi connectivity index (χ1v) is 13.1. The lowest BCUT2D eigenvalue weighted by molar-refractivity contribution is -0.134. The van der Waals surface area contributed by atoms with Gasteiger partial charge < -0.3 is 9.47 Å². The second-order valence-corrected chi connectivity index (χ2v) is 10.4. The van der Waals surface area contributed by atoms with Gasteiger partial charge in [-0.05, 0) is 35.4 Å². The number of morpholine rings is 1. The van der Waals surface area contributed by atoms with Crippen molar-refractivity contribution in [2.45, 2.75) is 23.7 Å². The Morgan fingerprint density at radius 1 is 1.06 bits per heavy atom. The number of ether oxygens (including phenoxy) is 2. The summed E-state index contributed by atoms with van der Waals surface area (Å²) < 4.78 is 13.6. The van der Waals surface area contributed by atoms with E-state index in [2.05, 4.69) is 28.1 Å². The number of thioether (sulfide) groups is 1. The van der Waals surface area contributed by atoms with E-state index in [4.69, 9.17) is 9.47 Å². The first kappa shape index (κ1) is 22.3. The van der Waals surface area contributed by atoms with Crippen molar-refractivity contribution in [1.29, 1.82) is 0 Å². The van der Waals surface area contributed by atoms with Crippen LogP contribution >= 0.6 is 23.1 Å². The number of fused-ring (bicyclic) bond motifs is 2. The SMILES string of the molecule is O=C(CCCSc1nc2ccccc2s1)Oc1ccc2ccccc2c1CN1CCOCC1. The number of esters is 1. The number of rotatable bonds is 8. The summed E-state index contributed by atoms with van der Waals surface area (Å²) in [4.78, 5) is 19.7. The fraction of sp³-hybridized carbons (Fsp3) is 0.308. The van der Waals surface area contributed by atoms with Crippen molar-refractivity contribution in [2.75, 3.05) is 32.1 Å². The van der Waals surface area contributed by atoms with Crippen molar-refractivity contribution in [1.82, 2.24) is 9.88 Å². The van der Waals surface area contributed by atoms with Crippen LogP contribution in [0, 0.1) is 0 Å². The number of para-hydroxylation sites is 1. The molecule has 0 spiro atoms. The minimum Gasteiger partial charge on any atom is -0.426 e. The molecule has 0 aliphatic carbocycles. The Kier molecular flexibility index (Phi) is 7.21. The second kappa shape index (κ2) is 10.7. The minimum absolute atomic E-state index is 0.182. The van der Waals surface area contributed by atoms with Crippen LogP contribution in [0.25, 0.3) is 21.0 Å². The summed E-state index contributed by atoms with van der Waals surface area (Å²) in [5.41, 5.74) is 2.11. The number of hydrogen-bond acceptors (Lipinski definition) is 7. The Labute approximate surface area is 201 Å². The third kappa shape index (κ3) is 5.55. The molecule has 0 amide bonds. The molecule has 0 N–H and O–H groups in total. The van der Waals surface area contributed by atoms with Crippen LogP contribution < -0.4 is 4.74 Å². The van der Waals surface area contributed by atoms with Crippen molar-refractivity contribution in [3.8, 4) is 5.75 Å². The van der Waals surface area contributed by atoms with Crippen molar-refractivity contribution in [2.24, 2.45) is 0 Å². The lowest BCUT2D eigenvalue weighted by Crippen LogP contribution is -2.35. The third-order valence-electron chi connectivity index (χ3n) is 5.73. The van der Waals surface area contributed by atoms with Crippen molar-refractivity contribution in [3.05, 3.63) is 66.2 Å². The van der Waals surface area contributed by atoms with Crippen LogP contribution in [-0.2, 0) is 16.1 Å². The van der Waals surface area contributed by atoms with Gasteiger partial charge in [0.2, 0.25) is 0 Å². The molecule has 5 nitrogen and oxygen atoms in total. The molecule has 3 aromatic carbocycles. The molecule has 5 rings (SSSR count). The molecule has 170 valence electrons. The molecule has 0 unspecified atom stereocenters. The van der Waals surface area contributed by atoms with Crippen molar-refractivity contribution < 1.29 is 14.3 Å². The number of thiazole rings is 1. The fourth-order valence-corrected chi connectivity index (χ4v) is 6.10. The molecule has 0 atom stereocenters. The standard InChI is InChI=1S/C26H26N2O3S2/c29-25(10-5-17-32-26-27-22-8-3-4-9-24(22)33-26)31-23-12-11-19-6-1-2-7-20(19)21(23)18-28-13-15-30-16-14-28/h1-4,6-9,11-12H,5,10,13-18H2. The highest BCUT2D eigenvalue weighted by molar-refractivity contribution is 8.01. The van der Waals surface area contributed by atoms with Crippen molar-refractivity contribution >= 4 is 50.1 Å². The molecule has 1 saturated heterocycles. The average molecular weight is 479 g/mol. The van der Waals surface area contributed by atoms with Gasteiger partial charge in [-0.25, -0.2) is 4.98 Å². The van der Waals surface area contributed by atoms with Crippen LogP contribution in [-0.4, -0.2) is 47.9 Å². The molecule has 33 heavy (non-hydrogen) atoms. The lowest BCUT2D eigenvalue weighted by atomic mass is 10.0. The molecule has 0 saturated carbocycles. The monoisotopic (exact) mass is 478 g/mol. The molecule has 7 heteroatoms. The molecule has 1 aliphatic rings. The Morgan fingerprint density at radius 2 is 1.88 bits per heavy atom. The third-order valence-corrected chi connectivity index (χ3v) is 8.00. The minimum atomic E-state index is -0.182. The molecule has 1 aliphatic heterocycles. The molecule has 0 radical (unpaired) electrons. The molecule has 1 fully saturated rings. The highest BCUT2D eigenvalue weighted by Gasteiger charge is 2.18. The predicted octanol–water partition coefficient (Wildman–Crippen LogP) is 5.76. The maximum Gasteiger partial charge on any atom is 0.311 e. The molecule has 0 bridgehead atoms. The number of carbonyl (C=O) groups is 1. The largest absolute Gasteiger partial charge is 0.426 e. The van der Waals surface area contributed by atoms with Gasteiger partial charge >= 0.3 is 5.97 Å². The Morgan fingerprint density at radius 3 is 2.76 bits per heavy atom. The van der Waals surface area contributed by atoms with Gasteiger partial charge in [0.25, 0.3) is 0 Å². The highest BCUT2D eigenvalue weighted by atomic mass is 32.2. The van der Waals surface area contributed by atoms with E-state index < -0.39 is 0 Å². The second-order valence-electron chi connectivity index (χ2n) is 8.03. The summed E-state index contributed by atoms with van der Waals surface area (Å²) in [5, 5.41) is 2.30. The Hall–Kier alpha value is -2.45. The Bertz CT molecular complexity index is 1220. The van der Waals surface area contributed by atoms with Gasteiger partial charge in [0.1, 0.15) is 5.75 Å². The summed E-state index contributed by atoms with van der Waals surface area (Å²) in [6, 6.07) is 20.4. The predicted molar refractivity (Wildman–Crippen MR) is 135 cm³/mol. The van der Waals surface area contributed by atoms with E-state index in [1.165, 1.54) is 4.70 Å². The molecule has 2 heterocycles. The zero-order chi connectivity index (χ0) is 22.5. The van der Waals surface area contributed by atoms with E-state index in [-0.39, 0.29) is 5.97 Å². The summed E-state index contributed by atoms with van der Waals surface area (Å²) in [5.74, 6) is 1.33. The van der Waals surface area contributed by atoms with E-state index in [0.717, 1.165) is 71.2 Å². The smallest absolute Gasteiger partial charge is 0.311 e. The van der Waals surface area contributed by atoms with Gasteiger partial charge in [-0.15, -0.1) is 11.3 Å². The summed E-state index contributed by atoms with van der Waals surface area (Å²) in [6.07, 6.45) is 1.15. The van der Waals surface area contributed by atoms with Gasteiger partial charge in [0, 0.05) is 37.4 Å². The van der Waals surface area contributed by atoms with Crippen molar-refractivity contribution in [3.63, 3.8) is 0 Å². The molecule has 4 aromatic rings. The number of nitrogens with zero attached hydrogens (tertiary/aromatic N) is 2. The van der Waals surface area contributed by atoms with Crippen LogP contribution in [0.15, 0.2) is 65.0 Å². The van der Waals surface area contributed by atoms with Gasteiger partial charge in [0.05, 0.1) is 23.4 Å². The fourth-order valence-electron chi connectivity index (χ4n) is 4.02. The summed E-state index contributed by atoms with van der Waals surface area (Å²) >= 11 is 3.40. The van der Waals surface area contributed by atoms with Gasteiger partial charge in [-0.2, -0.15) is 0 Å². The number of benzene rings is 3. The maximum atomic E-state index is 12.7. The summed E-state index contributed by atoms with van der Waals surface area (Å²) in [6.45, 7) is 4.01. The molecular weight excluding hydrogens is 452 g/mol. The first-order valence-electron chi connectivity index (χ1n) is 11.3. The van der Waals surface area contributed by atoms with Crippen LogP contribution in [0.3, 0.4) is 0 Å². The van der Waals surface area contributed by atoms with Crippen LogP contribution in [0.5, 0.6) is 5.75 Å². The van der Waals surface area contributed by atoms with E-state index in [9.17, 15) is 4.79 Å². The van der Waals surface area contributed by atoms with E-state index >= 15 is 0 Å².